The summed E-state index contributed by atoms with van der Waals surface area (Å²) in [4.78, 5) is 74.4. The first-order valence-corrected chi connectivity index (χ1v) is 19.9. The van der Waals surface area contributed by atoms with E-state index in [1.54, 1.807) is 35.2 Å². The van der Waals surface area contributed by atoms with Crippen molar-refractivity contribution in [3.8, 4) is 17.0 Å². The molecule has 0 spiro atoms. The highest BCUT2D eigenvalue weighted by atomic mass is 16.3. The number of hydrogen-bond acceptors (Lipinski definition) is 12. The molecule has 3 N–H and O–H groups in total. The lowest BCUT2D eigenvalue weighted by Gasteiger charge is -2.37. The molecule has 7 heterocycles. The number of benzene rings is 2. The highest BCUT2D eigenvalue weighted by molar-refractivity contribution is 6.23. The van der Waals surface area contributed by atoms with E-state index in [1.807, 2.05) is 41.7 Å². The van der Waals surface area contributed by atoms with Crippen LogP contribution in [0.25, 0.3) is 11.3 Å². The van der Waals surface area contributed by atoms with Crippen molar-refractivity contribution in [3.63, 3.8) is 0 Å². The van der Waals surface area contributed by atoms with Gasteiger partial charge in [-0.25, -0.2) is 0 Å². The minimum Gasteiger partial charge on any atom is -0.507 e. The van der Waals surface area contributed by atoms with Crippen LogP contribution in [0.1, 0.15) is 65.7 Å². The first-order valence-electron chi connectivity index (χ1n) is 19.9. The Morgan fingerprint density at radius 2 is 1.61 bits per heavy atom. The number of carbonyl (C=O) groups is 5. The lowest BCUT2D eigenvalue weighted by molar-refractivity contribution is -0.136. The van der Waals surface area contributed by atoms with Crippen LogP contribution >= 0.6 is 0 Å². The zero-order chi connectivity index (χ0) is 38.9. The summed E-state index contributed by atoms with van der Waals surface area (Å²) < 4.78 is 0. The second kappa shape index (κ2) is 13.8. The molecule has 2 aromatic carbocycles. The molecule has 4 fully saturated rings. The Balaban J connectivity index is 0.743. The van der Waals surface area contributed by atoms with Crippen LogP contribution in [0.15, 0.2) is 72.8 Å². The number of piperidine rings is 2. The SMILES string of the molecule is O=C1CCC(N2C(=O)c3ccc(N4CC[C@@H]5CN(C6CCC(C(=O)N7C=CN8C(=C7)CNc7nnc(-c9ccccc9O)cc78)CC6)C[C@H]5C4)cc3C2=O)C(=O)N1. The largest absolute Gasteiger partial charge is 0.507 e. The molecule has 1 aliphatic carbocycles. The van der Waals surface area contributed by atoms with Gasteiger partial charge in [-0.05, 0) is 86.8 Å². The van der Waals surface area contributed by atoms with Crippen molar-refractivity contribution in [1.29, 1.82) is 0 Å². The third-order valence-corrected chi connectivity index (χ3v) is 13.1. The van der Waals surface area contributed by atoms with Crippen molar-refractivity contribution in [3.05, 3.63) is 84.0 Å². The fraction of sp³-hybridized carbons (Fsp3) is 0.405. The summed E-state index contributed by atoms with van der Waals surface area (Å²) >= 11 is 0. The van der Waals surface area contributed by atoms with Gasteiger partial charge >= 0.3 is 0 Å². The van der Waals surface area contributed by atoms with Crippen LogP contribution in [0.3, 0.4) is 0 Å². The van der Waals surface area contributed by atoms with Crippen LogP contribution in [0, 0.1) is 17.8 Å². The van der Waals surface area contributed by atoms with Gasteiger partial charge in [-0.15, -0.1) is 10.2 Å². The van der Waals surface area contributed by atoms with Crippen molar-refractivity contribution < 1.29 is 29.1 Å². The molecule has 10 rings (SSSR count). The van der Waals surface area contributed by atoms with E-state index >= 15 is 0 Å². The van der Waals surface area contributed by atoms with Crippen LogP contribution in [0.4, 0.5) is 17.2 Å². The van der Waals surface area contributed by atoms with E-state index in [0.29, 0.717) is 52.6 Å². The normalized spacial score (nSPS) is 27.0. The van der Waals surface area contributed by atoms with Gasteiger partial charge in [0.05, 0.1) is 34.8 Å². The van der Waals surface area contributed by atoms with E-state index in [1.165, 1.54) is 0 Å². The number of phenols is 1. The molecule has 6 aliphatic heterocycles. The second-order valence-electron chi connectivity index (χ2n) is 16.3. The van der Waals surface area contributed by atoms with Crippen LogP contribution in [-0.4, -0.2) is 104 Å². The Labute approximate surface area is 329 Å². The quantitative estimate of drug-likeness (QED) is 0.323. The Hall–Kier alpha value is -6.09. The van der Waals surface area contributed by atoms with Crippen LogP contribution in [0.2, 0.25) is 0 Å². The summed E-state index contributed by atoms with van der Waals surface area (Å²) in [7, 11) is 0. The standard InChI is InChI=1S/C42H43N9O6/c52-36-4-2-1-3-31(36)33-18-35-38(46-45-33)43-19-29-23-48(15-16-50(29)35)40(55)24-5-7-27(8-6-24)49-20-25-13-14-47(21-26(25)22-49)28-9-10-30-32(17-28)42(57)51(41(30)56)34-11-12-37(53)44-39(34)54/h1-4,9-10,15-18,23-27,34,52H,5-8,11-14,19-22H2,(H,43,46)(H,44,53,54)/t24?,25-,26-,27?,34?/m1/s1. The summed E-state index contributed by atoms with van der Waals surface area (Å²) in [5.41, 5.74) is 4.40. The van der Waals surface area contributed by atoms with Crippen molar-refractivity contribution in [2.45, 2.75) is 57.0 Å². The molecule has 1 unspecified atom stereocenters. The minimum absolute atomic E-state index is 0.0441. The summed E-state index contributed by atoms with van der Waals surface area (Å²) in [5.74, 6) is -0.0558. The molecule has 3 aromatic rings. The number of hydrogen-bond donors (Lipinski definition) is 3. The number of anilines is 3. The lowest BCUT2D eigenvalue weighted by Crippen LogP contribution is -2.54. The van der Waals surface area contributed by atoms with Crippen molar-refractivity contribution >= 4 is 46.7 Å². The van der Waals surface area contributed by atoms with Gasteiger partial charge in [0.2, 0.25) is 17.7 Å². The molecule has 15 nitrogen and oxygen atoms in total. The summed E-state index contributed by atoms with van der Waals surface area (Å²) in [6, 6.07) is 13.8. The minimum atomic E-state index is -0.978. The van der Waals surface area contributed by atoms with E-state index < -0.39 is 29.7 Å². The van der Waals surface area contributed by atoms with Gasteiger partial charge in [0.25, 0.3) is 11.8 Å². The summed E-state index contributed by atoms with van der Waals surface area (Å²) in [5, 5.41) is 24.6. The van der Waals surface area contributed by atoms with Gasteiger partial charge < -0.3 is 20.2 Å². The fourth-order valence-electron chi connectivity index (χ4n) is 9.98. The number of amides is 5. The van der Waals surface area contributed by atoms with Crippen LogP contribution < -0.4 is 20.4 Å². The number of aromatic nitrogens is 2. The predicted octanol–water partition coefficient (Wildman–Crippen LogP) is 3.65. The molecule has 292 valence electrons. The summed E-state index contributed by atoms with van der Waals surface area (Å²) in [6.07, 6.45) is 10.5. The number of para-hydroxylation sites is 1. The number of carbonyl (C=O) groups excluding carboxylic acids is 5. The first-order chi connectivity index (χ1) is 27.7. The van der Waals surface area contributed by atoms with Gasteiger partial charge in [-0.3, -0.25) is 44.0 Å². The number of nitrogens with zero attached hydrogens (tertiary/aromatic N) is 7. The fourth-order valence-corrected chi connectivity index (χ4v) is 9.98. The number of likely N-dealkylation sites (tertiary alicyclic amines) is 1. The molecular weight excluding hydrogens is 727 g/mol. The third-order valence-electron chi connectivity index (χ3n) is 13.1. The van der Waals surface area contributed by atoms with Gasteiger partial charge in [0.1, 0.15) is 11.8 Å². The van der Waals surface area contributed by atoms with E-state index in [-0.39, 0.29) is 30.4 Å². The molecule has 5 amide bonds. The number of imide groups is 2. The summed E-state index contributed by atoms with van der Waals surface area (Å²) in [6.45, 7) is 4.28. The first kappa shape index (κ1) is 35.3. The number of fused-ring (bicyclic) bond motifs is 5. The van der Waals surface area contributed by atoms with Gasteiger partial charge in [0.15, 0.2) is 5.82 Å². The molecular formula is C42H43N9O6. The maximum Gasteiger partial charge on any atom is 0.262 e. The van der Waals surface area contributed by atoms with Crippen molar-refractivity contribution in [2.75, 3.05) is 47.8 Å². The maximum absolute atomic E-state index is 13.8. The zero-order valence-electron chi connectivity index (χ0n) is 31.3. The highest BCUT2D eigenvalue weighted by Crippen LogP contribution is 2.41. The van der Waals surface area contributed by atoms with Crippen molar-refractivity contribution in [2.24, 2.45) is 17.8 Å². The molecule has 15 heteroatoms. The topological polar surface area (TPSA) is 172 Å². The Bertz CT molecular complexity index is 2280. The average Bonchev–Trinajstić information content (AvgIpc) is 3.77. The lowest BCUT2D eigenvalue weighted by atomic mass is 9.84. The number of phenolic OH excluding ortho intramolecular Hbond substituents is 1. The zero-order valence-corrected chi connectivity index (χ0v) is 31.3. The number of rotatable bonds is 5. The molecule has 7 aliphatic rings. The Morgan fingerprint density at radius 1 is 0.807 bits per heavy atom. The molecule has 3 saturated heterocycles. The predicted molar refractivity (Wildman–Crippen MR) is 208 cm³/mol. The molecule has 57 heavy (non-hydrogen) atoms. The molecule has 1 saturated carbocycles. The average molecular weight is 770 g/mol. The van der Waals surface area contributed by atoms with Crippen LogP contribution in [-0.2, 0) is 14.4 Å². The van der Waals surface area contributed by atoms with Gasteiger partial charge in [-0.2, -0.15) is 0 Å². The third kappa shape index (κ3) is 6.11. The Morgan fingerprint density at radius 3 is 2.44 bits per heavy atom. The van der Waals surface area contributed by atoms with E-state index in [0.717, 1.165) is 80.3 Å². The van der Waals surface area contributed by atoms with E-state index in [9.17, 15) is 29.1 Å². The Kier molecular flexibility index (Phi) is 8.57. The maximum atomic E-state index is 13.8. The molecule has 1 aromatic heterocycles. The smallest absolute Gasteiger partial charge is 0.262 e. The highest BCUT2D eigenvalue weighted by Gasteiger charge is 2.46. The van der Waals surface area contributed by atoms with Crippen molar-refractivity contribution in [1.82, 2.24) is 30.2 Å². The van der Waals surface area contributed by atoms with Gasteiger partial charge in [0, 0.05) is 74.4 Å². The van der Waals surface area contributed by atoms with Crippen LogP contribution in [0.5, 0.6) is 5.75 Å². The number of nitrogens with one attached hydrogen (secondary N) is 2. The number of aromatic hydroxyl groups is 1. The van der Waals surface area contributed by atoms with E-state index in [2.05, 4.69) is 30.6 Å². The van der Waals surface area contributed by atoms with Gasteiger partial charge in [-0.1, -0.05) is 12.1 Å². The molecule has 0 radical (unpaired) electrons. The van der Waals surface area contributed by atoms with E-state index in [4.69, 9.17) is 0 Å². The molecule has 3 atom stereocenters. The second-order valence-corrected chi connectivity index (χ2v) is 16.3. The monoisotopic (exact) mass is 769 g/mol. The molecule has 0 bridgehead atoms.